The molecule has 1 aromatic carbocycles. The Labute approximate surface area is 185 Å². The van der Waals surface area contributed by atoms with Gasteiger partial charge in [-0.1, -0.05) is 25.5 Å². The molecule has 0 saturated heterocycles. The topological polar surface area (TPSA) is 60.5 Å². The standard InChI is InChI=1S/C26H36N2O3/c1-3-4-15-30-26-18(2)24(28-23-8-6-5-7-22(23)26)17-31-21-13-11-20(12-14-21)27-25(29)16-19-9-10-19/h5-8,19-21H,3-4,9-17H2,1-2H3,(H,27,29)/t20-,21-. The Hall–Kier alpha value is -2.14. The molecule has 5 heteroatoms. The summed E-state index contributed by atoms with van der Waals surface area (Å²) in [6.45, 7) is 5.49. The van der Waals surface area contributed by atoms with Crippen LogP contribution in [0.2, 0.25) is 0 Å². The molecule has 2 aliphatic rings. The minimum atomic E-state index is 0.230. The molecule has 0 atom stereocenters. The van der Waals surface area contributed by atoms with Gasteiger partial charge in [0.15, 0.2) is 0 Å². The van der Waals surface area contributed by atoms with E-state index in [9.17, 15) is 4.79 Å². The van der Waals surface area contributed by atoms with Gasteiger partial charge in [-0.3, -0.25) is 4.79 Å². The Balaban J connectivity index is 1.33. The minimum absolute atomic E-state index is 0.230. The third-order valence-corrected chi connectivity index (χ3v) is 6.59. The lowest BCUT2D eigenvalue weighted by Gasteiger charge is -2.29. The number of para-hydroxylation sites is 1. The maximum Gasteiger partial charge on any atom is 0.220 e. The number of pyridine rings is 1. The number of benzene rings is 1. The second-order valence-electron chi connectivity index (χ2n) is 9.23. The van der Waals surface area contributed by atoms with Crippen LogP contribution < -0.4 is 10.1 Å². The van der Waals surface area contributed by atoms with Crippen LogP contribution in [0.1, 0.15) is 76.0 Å². The molecule has 2 aromatic rings. The first kappa shape index (κ1) is 22.1. The Kier molecular flexibility index (Phi) is 7.44. The average Bonchev–Trinajstić information content (AvgIpc) is 3.59. The molecule has 0 radical (unpaired) electrons. The van der Waals surface area contributed by atoms with Crippen molar-refractivity contribution in [1.29, 1.82) is 0 Å². The molecule has 5 nitrogen and oxygen atoms in total. The molecule has 1 amide bonds. The normalized spacial score (nSPS) is 21.2. The average molecular weight is 425 g/mol. The van der Waals surface area contributed by atoms with Crippen LogP contribution in [0, 0.1) is 12.8 Å². The van der Waals surface area contributed by atoms with Crippen molar-refractivity contribution in [3.63, 3.8) is 0 Å². The first-order valence-corrected chi connectivity index (χ1v) is 12.1. The zero-order chi connectivity index (χ0) is 21.6. The van der Waals surface area contributed by atoms with Crippen LogP contribution in [-0.4, -0.2) is 29.6 Å². The highest BCUT2D eigenvalue weighted by Gasteiger charge is 2.27. The van der Waals surface area contributed by atoms with E-state index in [2.05, 4.69) is 25.2 Å². The molecular formula is C26H36N2O3. The summed E-state index contributed by atoms with van der Waals surface area (Å²) >= 11 is 0. The summed E-state index contributed by atoms with van der Waals surface area (Å²) in [4.78, 5) is 16.9. The van der Waals surface area contributed by atoms with E-state index in [0.717, 1.165) is 73.0 Å². The molecule has 168 valence electrons. The van der Waals surface area contributed by atoms with Gasteiger partial charge in [0.05, 0.1) is 30.5 Å². The largest absolute Gasteiger partial charge is 0.493 e. The van der Waals surface area contributed by atoms with E-state index in [-0.39, 0.29) is 12.0 Å². The van der Waals surface area contributed by atoms with Crippen molar-refractivity contribution < 1.29 is 14.3 Å². The van der Waals surface area contributed by atoms with Crippen molar-refractivity contribution in [3.8, 4) is 5.75 Å². The monoisotopic (exact) mass is 424 g/mol. The fourth-order valence-corrected chi connectivity index (χ4v) is 4.41. The second kappa shape index (κ2) is 10.4. The van der Waals surface area contributed by atoms with Gasteiger partial charge < -0.3 is 14.8 Å². The Morgan fingerprint density at radius 3 is 2.65 bits per heavy atom. The minimum Gasteiger partial charge on any atom is -0.493 e. The van der Waals surface area contributed by atoms with Gasteiger partial charge in [0.2, 0.25) is 5.91 Å². The maximum atomic E-state index is 12.1. The van der Waals surface area contributed by atoms with Crippen LogP contribution in [0.25, 0.3) is 10.9 Å². The first-order valence-electron chi connectivity index (χ1n) is 12.1. The van der Waals surface area contributed by atoms with Gasteiger partial charge >= 0.3 is 0 Å². The predicted molar refractivity (Wildman–Crippen MR) is 123 cm³/mol. The third-order valence-electron chi connectivity index (χ3n) is 6.59. The Morgan fingerprint density at radius 1 is 1.13 bits per heavy atom. The van der Waals surface area contributed by atoms with E-state index >= 15 is 0 Å². The molecule has 1 N–H and O–H groups in total. The number of rotatable bonds is 10. The molecular weight excluding hydrogens is 388 g/mol. The van der Waals surface area contributed by atoms with Crippen molar-refractivity contribution in [2.75, 3.05) is 6.61 Å². The lowest BCUT2D eigenvalue weighted by Crippen LogP contribution is -2.39. The molecule has 1 aromatic heterocycles. The van der Waals surface area contributed by atoms with Gasteiger partial charge in [0.1, 0.15) is 5.75 Å². The molecule has 0 aliphatic heterocycles. The fraction of sp³-hybridized carbons (Fsp3) is 0.615. The molecule has 0 bridgehead atoms. The Morgan fingerprint density at radius 2 is 1.90 bits per heavy atom. The first-order chi connectivity index (χ1) is 15.1. The molecule has 2 saturated carbocycles. The van der Waals surface area contributed by atoms with Gasteiger partial charge in [-0.05, 0) is 69.9 Å². The zero-order valence-electron chi connectivity index (χ0n) is 19.0. The quantitative estimate of drug-likeness (QED) is 0.514. The lowest BCUT2D eigenvalue weighted by molar-refractivity contribution is -0.122. The lowest BCUT2D eigenvalue weighted by atomic mass is 9.92. The van der Waals surface area contributed by atoms with Gasteiger partial charge in [-0.15, -0.1) is 0 Å². The number of hydrogen-bond donors (Lipinski definition) is 1. The summed E-state index contributed by atoms with van der Waals surface area (Å²) in [6, 6.07) is 8.49. The summed E-state index contributed by atoms with van der Waals surface area (Å²) < 4.78 is 12.4. The van der Waals surface area contributed by atoms with Crippen molar-refractivity contribution in [3.05, 3.63) is 35.5 Å². The number of carbonyl (C=O) groups excluding carboxylic acids is 1. The maximum absolute atomic E-state index is 12.1. The van der Waals surface area contributed by atoms with E-state index in [1.807, 2.05) is 18.2 Å². The molecule has 31 heavy (non-hydrogen) atoms. The third kappa shape index (κ3) is 5.97. The molecule has 4 rings (SSSR count). The Bertz CT molecular complexity index is 886. The smallest absolute Gasteiger partial charge is 0.220 e. The van der Waals surface area contributed by atoms with Crippen molar-refractivity contribution in [2.24, 2.45) is 5.92 Å². The summed E-state index contributed by atoms with van der Waals surface area (Å²) in [7, 11) is 0. The van der Waals surface area contributed by atoms with Crippen molar-refractivity contribution in [1.82, 2.24) is 10.3 Å². The van der Waals surface area contributed by atoms with Crippen LogP contribution in [-0.2, 0) is 16.1 Å². The summed E-state index contributed by atoms with van der Waals surface area (Å²) in [5, 5.41) is 4.29. The molecule has 1 heterocycles. The number of unbranched alkanes of at least 4 members (excludes halogenated alkanes) is 1. The van der Waals surface area contributed by atoms with E-state index in [1.165, 1.54) is 12.8 Å². The van der Waals surface area contributed by atoms with Gasteiger partial charge in [-0.25, -0.2) is 4.98 Å². The second-order valence-corrected chi connectivity index (χ2v) is 9.23. The number of ether oxygens (including phenoxy) is 2. The zero-order valence-corrected chi connectivity index (χ0v) is 19.0. The summed E-state index contributed by atoms with van der Waals surface area (Å²) in [5.41, 5.74) is 3.00. The highest BCUT2D eigenvalue weighted by Crippen LogP contribution is 2.33. The molecule has 2 fully saturated rings. The van der Waals surface area contributed by atoms with E-state index in [4.69, 9.17) is 14.5 Å². The number of nitrogens with zero attached hydrogens (tertiary/aromatic N) is 1. The number of hydrogen-bond acceptors (Lipinski definition) is 4. The van der Waals surface area contributed by atoms with Crippen LogP contribution in [0.15, 0.2) is 24.3 Å². The van der Waals surface area contributed by atoms with E-state index in [0.29, 0.717) is 25.0 Å². The number of aromatic nitrogens is 1. The highest BCUT2D eigenvalue weighted by molar-refractivity contribution is 5.86. The van der Waals surface area contributed by atoms with Crippen molar-refractivity contribution in [2.45, 2.75) is 90.4 Å². The fourth-order valence-electron chi connectivity index (χ4n) is 4.41. The van der Waals surface area contributed by atoms with Gasteiger partial charge in [-0.2, -0.15) is 0 Å². The van der Waals surface area contributed by atoms with Crippen LogP contribution in [0.3, 0.4) is 0 Å². The van der Waals surface area contributed by atoms with Gasteiger partial charge in [0, 0.05) is 23.4 Å². The van der Waals surface area contributed by atoms with Crippen LogP contribution in [0.4, 0.5) is 0 Å². The van der Waals surface area contributed by atoms with Crippen molar-refractivity contribution >= 4 is 16.8 Å². The summed E-state index contributed by atoms with van der Waals surface area (Å²) in [5.74, 6) is 1.83. The number of nitrogens with one attached hydrogen (secondary N) is 1. The number of fused-ring (bicyclic) bond motifs is 1. The predicted octanol–water partition coefficient (Wildman–Crippen LogP) is 5.47. The molecule has 0 unspecified atom stereocenters. The number of carbonyl (C=O) groups is 1. The van der Waals surface area contributed by atoms with Gasteiger partial charge in [0.25, 0.3) is 0 Å². The molecule has 2 aliphatic carbocycles. The van der Waals surface area contributed by atoms with Crippen LogP contribution in [0.5, 0.6) is 5.75 Å². The summed E-state index contributed by atoms with van der Waals surface area (Å²) in [6.07, 6.45) is 9.52. The van der Waals surface area contributed by atoms with E-state index in [1.54, 1.807) is 0 Å². The SMILES string of the molecule is CCCCOc1c(C)c(CO[C@H]2CC[C@H](NC(=O)CC3CC3)CC2)nc2ccccc12. The van der Waals surface area contributed by atoms with E-state index < -0.39 is 0 Å². The molecule has 0 spiro atoms. The van der Waals surface area contributed by atoms with Crippen LogP contribution >= 0.6 is 0 Å². The highest BCUT2D eigenvalue weighted by atomic mass is 16.5. The number of amides is 1.